The van der Waals surface area contributed by atoms with Gasteiger partial charge in [-0.2, -0.15) is 0 Å². The molecule has 3 nitrogen and oxygen atoms in total. The molecule has 1 aromatic carbocycles. The van der Waals surface area contributed by atoms with Crippen molar-refractivity contribution in [2.75, 3.05) is 0 Å². The highest BCUT2D eigenvalue weighted by atomic mass is 16.5. The summed E-state index contributed by atoms with van der Waals surface area (Å²) >= 11 is 0. The second kappa shape index (κ2) is 6.51. The second-order valence-electron chi connectivity index (χ2n) is 8.29. The van der Waals surface area contributed by atoms with Crippen LogP contribution in [-0.4, -0.2) is 11.1 Å². The van der Waals surface area contributed by atoms with Gasteiger partial charge in [-0.1, -0.05) is 25.5 Å². The molecule has 4 atom stereocenters. The number of phenolic OH excluding ortho intramolecular Hbond substituents is 1. The van der Waals surface area contributed by atoms with Crippen LogP contribution in [0.3, 0.4) is 0 Å². The highest BCUT2D eigenvalue weighted by molar-refractivity contribution is 5.74. The first-order chi connectivity index (χ1) is 11.7. The van der Waals surface area contributed by atoms with E-state index in [4.69, 9.17) is 4.74 Å². The van der Waals surface area contributed by atoms with Gasteiger partial charge in [-0.15, -0.1) is 0 Å². The Morgan fingerprint density at radius 1 is 1.12 bits per heavy atom. The number of ether oxygens (including phenoxy) is 1. The van der Waals surface area contributed by atoms with Crippen LogP contribution < -0.4 is 4.74 Å². The Labute approximate surface area is 151 Å². The van der Waals surface area contributed by atoms with Crippen LogP contribution in [-0.2, 0) is 4.79 Å². The van der Waals surface area contributed by atoms with Crippen molar-refractivity contribution >= 4 is 5.97 Å². The van der Waals surface area contributed by atoms with Gasteiger partial charge in [0, 0.05) is 18.4 Å². The average Bonchev–Trinajstić information content (AvgIpc) is 2.49. The molecule has 136 valence electrons. The summed E-state index contributed by atoms with van der Waals surface area (Å²) in [6, 6.07) is 0. The number of rotatable bonds is 2. The first kappa shape index (κ1) is 18.0. The third kappa shape index (κ3) is 2.98. The molecule has 0 aromatic heterocycles. The summed E-state index contributed by atoms with van der Waals surface area (Å²) in [5.41, 5.74) is 5.88. The van der Waals surface area contributed by atoms with Gasteiger partial charge in [0.05, 0.1) is 0 Å². The summed E-state index contributed by atoms with van der Waals surface area (Å²) < 4.78 is 5.46. The lowest BCUT2D eigenvalue weighted by Crippen LogP contribution is -2.28. The zero-order valence-corrected chi connectivity index (χ0v) is 16.3. The van der Waals surface area contributed by atoms with Crippen molar-refractivity contribution in [3.63, 3.8) is 0 Å². The molecule has 0 aliphatic heterocycles. The molecule has 1 aromatic rings. The monoisotopic (exact) mass is 342 g/mol. The molecule has 4 unspecified atom stereocenters. The molecule has 1 N–H and O–H groups in total. The summed E-state index contributed by atoms with van der Waals surface area (Å²) in [4.78, 5) is 11.6. The van der Waals surface area contributed by atoms with Crippen molar-refractivity contribution in [3.05, 3.63) is 33.9 Å². The molecule has 0 spiro atoms. The fourth-order valence-electron chi connectivity index (χ4n) is 5.07. The number of carbonyl (C=O) groups is 1. The largest absolute Gasteiger partial charge is 0.504 e. The number of carbonyl (C=O) groups excluding carboxylic acids is 1. The highest BCUT2D eigenvalue weighted by Crippen LogP contribution is 2.57. The summed E-state index contributed by atoms with van der Waals surface area (Å²) in [5, 5.41) is 11.0. The molecule has 0 heterocycles. The lowest BCUT2D eigenvalue weighted by atomic mass is 9.62. The third-order valence-corrected chi connectivity index (χ3v) is 6.03. The molecule has 0 radical (unpaired) electrons. The molecule has 3 rings (SSSR count). The van der Waals surface area contributed by atoms with Crippen molar-refractivity contribution in [2.45, 2.75) is 78.6 Å². The quantitative estimate of drug-likeness (QED) is 0.426. The maximum Gasteiger partial charge on any atom is 0.308 e. The van der Waals surface area contributed by atoms with Crippen LogP contribution in [0.25, 0.3) is 0 Å². The summed E-state index contributed by atoms with van der Waals surface area (Å²) in [6.45, 7) is 12.2. The Morgan fingerprint density at radius 3 is 2.40 bits per heavy atom. The molecule has 0 saturated heterocycles. The third-order valence-electron chi connectivity index (χ3n) is 6.03. The minimum absolute atomic E-state index is 0.189. The van der Waals surface area contributed by atoms with E-state index in [2.05, 4.69) is 33.8 Å². The van der Waals surface area contributed by atoms with Crippen LogP contribution in [0.2, 0.25) is 0 Å². The van der Waals surface area contributed by atoms with Crippen molar-refractivity contribution in [1.82, 2.24) is 0 Å². The van der Waals surface area contributed by atoms with E-state index in [-0.39, 0.29) is 17.6 Å². The van der Waals surface area contributed by atoms with Crippen LogP contribution in [0.15, 0.2) is 11.6 Å². The van der Waals surface area contributed by atoms with Gasteiger partial charge in [-0.3, -0.25) is 4.79 Å². The van der Waals surface area contributed by atoms with Crippen LogP contribution >= 0.6 is 0 Å². The average molecular weight is 342 g/mol. The lowest BCUT2D eigenvalue weighted by molar-refractivity contribution is -0.132. The highest BCUT2D eigenvalue weighted by Gasteiger charge is 2.41. The van der Waals surface area contributed by atoms with Gasteiger partial charge in [0.1, 0.15) is 0 Å². The van der Waals surface area contributed by atoms with Gasteiger partial charge in [0.25, 0.3) is 0 Å². The van der Waals surface area contributed by atoms with Gasteiger partial charge in [0.15, 0.2) is 11.5 Å². The number of phenols is 1. The van der Waals surface area contributed by atoms with Crippen molar-refractivity contribution < 1.29 is 14.6 Å². The molecule has 3 heteroatoms. The van der Waals surface area contributed by atoms with Crippen molar-refractivity contribution in [1.29, 1.82) is 0 Å². The van der Waals surface area contributed by atoms with Crippen LogP contribution in [0.1, 0.15) is 93.9 Å². The molecule has 25 heavy (non-hydrogen) atoms. The van der Waals surface area contributed by atoms with Gasteiger partial charge in [0.2, 0.25) is 0 Å². The van der Waals surface area contributed by atoms with E-state index in [0.717, 1.165) is 24.0 Å². The van der Waals surface area contributed by atoms with E-state index < -0.39 is 0 Å². The normalized spacial score (nSPS) is 27.4. The van der Waals surface area contributed by atoms with E-state index in [1.165, 1.54) is 30.0 Å². The van der Waals surface area contributed by atoms with E-state index in [1.807, 2.05) is 6.92 Å². The minimum Gasteiger partial charge on any atom is -0.504 e. The zero-order valence-electron chi connectivity index (χ0n) is 16.3. The van der Waals surface area contributed by atoms with Gasteiger partial charge >= 0.3 is 5.97 Å². The maximum atomic E-state index is 11.6. The van der Waals surface area contributed by atoms with Gasteiger partial charge < -0.3 is 9.84 Å². The summed E-state index contributed by atoms with van der Waals surface area (Å²) in [5.74, 6) is 1.89. The molecule has 2 aliphatic carbocycles. The van der Waals surface area contributed by atoms with Crippen LogP contribution in [0.5, 0.6) is 11.5 Å². The maximum absolute atomic E-state index is 11.6. The van der Waals surface area contributed by atoms with Gasteiger partial charge in [-0.25, -0.2) is 0 Å². The lowest BCUT2D eigenvalue weighted by Gasteiger charge is -2.43. The second-order valence-corrected chi connectivity index (χ2v) is 8.29. The Kier molecular flexibility index (Phi) is 4.70. The fourth-order valence-corrected chi connectivity index (χ4v) is 5.07. The van der Waals surface area contributed by atoms with Crippen LogP contribution in [0, 0.1) is 12.8 Å². The van der Waals surface area contributed by atoms with E-state index in [9.17, 15) is 9.90 Å². The number of benzene rings is 1. The van der Waals surface area contributed by atoms with Crippen LogP contribution in [0.4, 0.5) is 0 Å². The Bertz CT molecular complexity index is 740. The van der Waals surface area contributed by atoms with E-state index >= 15 is 0 Å². The molecular formula is C22H30O3. The molecule has 0 saturated carbocycles. The van der Waals surface area contributed by atoms with E-state index in [0.29, 0.717) is 23.5 Å². The first-order valence-corrected chi connectivity index (χ1v) is 9.45. The zero-order chi connectivity index (χ0) is 18.5. The minimum atomic E-state index is -0.381. The van der Waals surface area contributed by atoms with Gasteiger partial charge in [-0.05, 0) is 74.5 Å². The molecular weight excluding hydrogens is 312 g/mol. The Balaban J connectivity index is 2.34. The predicted molar refractivity (Wildman–Crippen MR) is 100 cm³/mol. The molecule has 0 fully saturated rings. The Morgan fingerprint density at radius 2 is 1.80 bits per heavy atom. The molecule has 2 aliphatic rings. The smallest absolute Gasteiger partial charge is 0.308 e. The predicted octanol–water partition coefficient (Wildman–Crippen LogP) is 5.70. The number of allylic oxidation sites excluding steroid dienone is 2. The van der Waals surface area contributed by atoms with E-state index in [1.54, 1.807) is 0 Å². The standard InChI is InChI=1S/C22H30O3/c1-11(2)9-16-10-13(4)17-8-7-12(3)18-20(17)19(16)14(5)22(21(18)24)25-15(6)23/h9,12-13,16-17,24H,7-8,10H2,1-6H3. The first-order valence-electron chi connectivity index (χ1n) is 9.45. The molecule has 0 bridgehead atoms. The number of hydrogen-bond donors (Lipinski definition) is 1. The number of aromatic hydroxyl groups is 1. The van der Waals surface area contributed by atoms with Crippen molar-refractivity contribution in [3.8, 4) is 11.5 Å². The number of hydrogen-bond acceptors (Lipinski definition) is 3. The van der Waals surface area contributed by atoms with Crippen molar-refractivity contribution in [2.24, 2.45) is 5.92 Å². The Hall–Kier alpha value is -1.77. The molecule has 0 amide bonds. The summed E-state index contributed by atoms with van der Waals surface area (Å²) in [6.07, 6.45) is 5.70. The SMILES string of the molecule is CC(=O)Oc1c(C)c2c3c(c1O)C(C)CCC3C(C)CC2C=C(C)C. The fraction of sp³-hybridized carbons (Fsp3) is 0.591. The number of esters is 1. The summed E-state index contributed by atoms with van der Waals surface area (Å²) in [7, 11) is 0. The topological polar surface area (TPSA) is 46.5 Å².